The first-order chi connectivity index (χ1) is 14.9. The summed E-state index contributed by atoms with van der Waals surface area (Å²) in [4.78, 5) is 42.6. The smallest absolute Gasteiger partial charge is 0.337 e. The van der Waals surface area contributed by atoms with Gasteiger partial charge in [0.15, 0.2) is 5.82 Å². The Hall–Kier alpha value is -3.53. The van der Waals surface area contributed by atoms with Crippen LogP contribution in [0.15, 0.2) is 28.8 Å². The summed E-state index contributed by atoms with van der Waals surface area (Å²) < 4.78 is 14.6. The fourth-order valence-corrected chi connectivity index (χ4v) is 3.08. The Morgan fingerprint density at radius 3 is 2.39 bits per heavy atom. The second kappa shape index (κ2) is 9.98. The van der Waals surface area contributed by atoms with Crippen LogP contribution >= 0.6 is 0 Å². The molecule has 3 rings (SSSR count). The maximum absolute atomic E-state index is 12.4. The number of nitrogens with zero attached hydrogens (tertiary/aromatic N) is 3. The van der Waals surface area contributed by atoms with Crippen molar-refractivity contribution in [3.63, 3.8) is 0 Å². The molecule has 2 heterocycles. The Labute approximate surface area is 179 Å². The van der Waals surface area contributed by atoms with Gasteiger partial charge >= 0.3 is 11.9 Å². The SMILES string of the molecule is COC(=O)c1cc(NC(=O)CCc2nc(C3=CCN(C)CC3)no2)cc(C(=O)OC)c1. The molecule has 2 aromatic rings. The van der Waals surface area contributed by atoms with Gasteiger partial charge in [0.2, 0.25) is 11.8 Å². The number of likely N-dealkylation sites (N-methyl/N-ethyl adjacent to an activating group) is 1. The van der Waals surface area contributed by atoms with Crippen molar-refractivity contribution in [1.82, 2.24) is 15.0 Å². The van der Waals surface area contributed by atoms with Crippen LogP contribution in [0.1, 0.15) is 45.3 Å². The van der Waals surface area contributed by atoms with Crippen LogP contribution in [0.25, 0.3) is 5.57 Å². The molecule has 1 aliphatic rings. The van der Waals surface area contributed by atoms with Gasteiger partial charge in [-0.15, -0.1) is 0 Å². The molecule has 0 aliphatic carbocycles. The molecule has 0 fully saturated rings. The van der Waals surface area contributed by atoms with Crippen molar-refractivity contribution in [2.75, 3.05) is 39.7 Å². The minimum absolute atomic E-state index is 0.0828. The molecule has 164 valence electrons. The number of aryl methyl sites for hydroxylation is 1. The molecule has 10 nitrogen and oxygen atoms in total. The van der Waals surface area contributed by atoms with Gasteiger partial charge in [0, 0.05) is 31.6 Å². The molecule has 1 aromatic carbocycles. The predicted octanol–water partition coefficient (Wildman–Crippen LogP) is 1.93. The number of hydrogen-bond donors (Lipinski definition) is 1. The normalized spacial score (nSPS) is 14.0. The number of rotatable bonds is 7. The Balaban J connectivity index is 1.63. The number of carbonyl (C=O) groups excluding carboxylic acids is 3. The number of hydrogen-bond acceptors (Lipinski definition) is 9. The van der Waals surface area contributed by atoms with E-state index in [0.29, 0.717) is 11.7 Å². The molecule has 1 N–H and O–H groups in total. The number of anilines is 1. The summed E-state index contributed by atoms with van der Waals surface area (Å²) >= 11 is 0. The van der Waals surface area contributed by atoms with Crippen LogP contribution in [0.5, 0.6) is 0 Å². The predicted molar refractivity (Wildman–Crippen MR) is 110 cm³/mol. The highest BCUT2D eigenvalue weighted by Gasteiger charge is 2.17. The number of ether oxygens (including phenoxy) is 2. The lowest BCUT2D eigenvalue weighted by Crippen LogP contribution is -2.23. The summed E-state index contributed by atoms with van der Waals surface area (Å²) in [5.74, 6) is -0.692. The Morgan fingerprint density at radius 2 is 1.81 bits per heavy atom. The van der Waals surface area contributed by atoms with E-state index in [1.54, 1.807) is 0 Å². The van der Waals surface area contributed by atoms with Crippen LogP contribution in [-0.4, -0.2) is 67.2 Å². The third-order valence-corrected chi connectivity index (χ3v) is 4.79. The van der Waals surface area contributed by atoms with Gasteiger partial charge in [-0.05, 0) is 37.2 Å². The molecule has 0 unspecified atom stereocenters. The van der Waals surface area contributed by atoms with E-state index in [-0.39, 0.29) is 35.6 Å². The van der Waals surface area contributed by atoms with Crippen molar-refractivity contribution in [3.05, 3.63) is 47.1 Å². The minimum Gasteiger partial charge on any atom is -0.465 e. The lowest BCUT2D eigenvalue weighted by molar-refractivity contribution is -0.116. The van der Waals surface area contributed by atoms with Crippen molar-refractivity contribution in [3.8, 4) is 0 Å². The van der Waals surface area contributed by atoms with E-state index in [4.69, 9.17) is 4.52 Å². The summed E-state index contributed by atoms with van der Waals surface area (Å²) in [5, 5.41) is 6.66. The molecule has 0 spiro atoms. The molecule has 0 atom stereocenters. The number of methoxy groups -OCH3 is 2. The summed E-state index contributed by atoms with van der Waals surface area (Å²) in [6.07, 6.45) is 3.25. The van der Waals surface area contributed by atoms with Crippen LogP contribution in [0.3, 0.4) is 0 Å². The van der Waals surface area contributed by atoms with Gasteiger partial charge in [-0.2, -0.15) is 4.98 Å². The Morgan fingerprint density at radius 1 is 1.13 bits per heavy atom. The molecule has 1 aliphatic heterocycles. The third-order valence-electron chi connectivity index (χ3n) is 4.79. The fourth-order valence-electron chi connectivity index (χ4n) is 3.08. The van der Waals surface area contributed by atoms with Crippen LogP contribution in [0.4, 0.5) is 5.69 Å². The largest absolute Gasteiger partial charge is 0.465 e. The highest BCUT2D eigenvalue weighted by atomic mass is 16.5. The summed E-state index contributed by atoms with van der Waals surface area (Å²) in [7, 11) is 4.50. The van der Waals surface area contributed by atoms with Crippen molar-refractivity contribution >= 4 is 29.1 Å². The molecule has 1 amide bonds. The number of aromatic nitrogens is 2. The van der Waals surface area contributed by atoms with Crippen LogP contribution in [-0.2, 0) is 20.7 Å². The lowest BCUT2D eigenvalue weighted by atomic mass is 10.1. The van der Waals surface area contributed by atoms with Gasteiger partial charge in [-0.3, -0.25) is 4.79 Å². The minimum atomic E-state index is -0.636. The van der Waals surface area contributed by atoms with Crippen molar-refractivity contribution in [2.24, 2.45) is 0 Å². The molecule has 31 heavy (non-hydrogen) atoms. The van der Waals surface area contributed by atoms with E-state index in [1.807, 2.05) is 7.05 Å². The molecular formula is C21H24N4O6. The topological polar surface area (TPSA) is 124 Å². The van der Waals surface area contributed by atoms with Gasteiger partial charge in [-0.25, -0.2) is 9.59 Å². The Kier molecular flexibility index (Phi) is 7.14. The molecule has 0 radical (unpaired) electrons. The summed E-state index contributed by atoms with van der Waals surface area (Å²) in [5.41, 5.74) is 1.55. The number of amides is 1. The number of esters is 2. The van der Waals surface area contributed by atoms with Crippen molar-refractivity contribution < 1.29 is 28.4 Å². The molecular weight excluding hydrogens is 404 g/mol. The molecule has 0 bridgehead atoms. The molecule has 1 aromatic heterocycles. The fraction of sp³-hybridized carbons (Fsp3) is 0.381. The van der Waals surface area contributed by atoms with Crippen molar-refractivity contribution in [2.45, 2.75) is 19.3 Å². The van der Waals surface area contributed by atoms with E-state index >= 15 is 0 Å². The first kappa shape index (κ1) is 22.2. The summed E-state index contributed by atoms with van der Waals surface area (Å²) in [6, 6.07) is 4.19. The van der Waals surface area contributed by atoms with Gasteiger partial charge < -0.3 is 24.2 Å². The maximum atomic E-state index is 12.4. The average Bonchev–Trinajstić information content (AvgIpc) is 3.26. The number of benzene rings is 1. The lowest BCUT2D eigenvalue weighted by Gasteiger charge is -2.19. The summed E-state index contributed by atoms with van der Waals surface area (Å²) in [6.45, 7) is 1.76. The van der Waals surface area contributed by atoms with Gasteiger partial charge in [-0.1, -0.05) is 11.2 Å². The van der Waals surface area contributed by atoms with Gasteiger partial charge in [0.25, 0.3) is 0 Å². The second-order valence-corrected chi connectivity index (χ2v) is 7.08. The second-order valence-electron chi connectivity index (χ2n) is 7.08. The first-order valence-electron chi connectivity index (χ1n) is 9.71. The van der Waals surface area contributed by atoms with Gasteiger partial charge in [0.1, 0.15) is 0 Å². The van der Waals surface area contributed by atoms with E-state index in [0.717, 1.165) is 25.1 Å². The molecule has 10 heteroatoms. The Bertz CT molecular complexity index is 979. The highest BCUT2D eigenvalue weighted by molar-refractivity contribution is 5.99. The van der Waals surface area contributed by atoms with Crippen molar-refractivity contribution in [1.29, 1.82) is 0 Å². The third kappa shape index (κ3) is 5.76. The zero-order valence-corrected chi connectivity index (χ0v) is 17.6. The average molecular weight is 428 g/mol. The zero-order valence-electron chi connectivity index (χ0n) is 17.6. The standard InChI is InChI=1S/C21H24N4O6/c1-25-8-6-13(7-9-25)19-23-18(31-24-19)5-4-17(26)22-16-11-14(20(27)29-2)10-15(12-16)21(28)30-3/h6,10-12H,4-5,7-9H2,1-3H3,(H,22,26). The number of nitrogens with one attached hydrogen (secondary N) is 1. The van der Waals surface area contributed by atoms with Crippen LogP contribution < -0.4 is 5.32 Å². The van der Waals surface area contributed by atoms with Crippen LogP contribution in [0, 0.1) is 0 Å². The maximum Gasteiger partial charge on any atom is 0.337 e. The highest BCUT2D eigenvalue weighted by Crippen LogP contribution is 2.20. The van der Waals surface area contributed by atoms with Gasteiger partial charge in [0.05, 0.1) is 25.3 Å². The zero-order chi connectivity index (χ0) is 22.4. The van der Waals surface area contributed by atoms with E-state index in [1.165, 1.54) is 32.4 Å². The first-order valence-corrected chi connectivity index (χ1v) is 9.71. The van der Waals surface area contributed by atoms with E-state index in [9.17, 15) is 14.4 Å². The van der Waals surface area contributed by atoms with E-state index in [2.05, 4.69) is 35.9 Å². The molecule has 0 saturated heterocycles. The van der Waals surface area contributed by atoms with Crippen LogP contribution in [0.2, 0.25) is 0 Å². The quantitative estimate of drug-likeness (QED) is 0.659. The monoisotopic (exact) mass is 428 g/mol. The number of carbonyl (C=O) groups is 3. The molecule has 0 saturated carbocycles. The van der Waals surface area contributed by atoms with E-state index < -0.39 is 11.9 Å².